The summed E-state index contributed by atoms with van der Waals surface area (Å²) in [4.78, 5) is 18.8. The average Bonchev–Trinajstić information content (AvgIpc) is 1.87. The Morgan fingerprint density at radius 3 is 1.15 bits per heavy atom. The van der Waals surface area contributed by atoms with Gasteiger partial charge in [-0.15, -0.1) is 0 Å². The SMILES string of the molecule is NCCC(=O)[O-].NCCC(=O)[O-].[Ba+2]. The number of carboxylic acids is 2. The molecule has 0 rings (SSSR count). The van der Waals surface area contributed by atoms with Crippen LogP contribution in [0, 0.1) is 0 Å². The van der Waals surface area contributed by atoms with Gasteiger partial charge in [0.1, 0.15) is 0 Å². The molecule has 0 aromatic rings. The maximum absolute atomic E-state index is 9.41. The topological polar surface area (TPSA) is 132 Å². The van der Waals surface area contributed by atoms with Crippen molar-refractivity contribution < 1.29 is 19.8 Å². The van der Waals surface area contributed by atoms with Crippen molar-refractivity contribution in [3.8, 4) is 0 Å². The van der Waals surface area contributed by atoms with Crippen molar-refractivity contribution in [1.29, 1.82) is 0 Å². The Morgan fingerprint density at radius 2 is 1.15 bits per heavy atom. The molecular weight excluding hydrogens is 301 g/mol. The first-order chi connectivity index (χ1) is 5.54. The Labute approximate surface area is 117 Å². The van der Waals surface area contributed by atoms with Crippen LogP contribution >= 0.6 is 0 Å². The number of rotatable bonds is 4. The third kappa shape index (κ3) is 32.7. The molecule has 13 heavy (non-hydrogen) atoms. The van der Waals surface area contributed by atoms with Crippen LogP contribution in [0.25, 0.3) is 0 Å². The summed E-state index contributed by atoms with van der Waals surface area (Å²) in [5, 5.41) is 18.8. The molecule has 0 fully saturated rings. The van der Waals surface area contributed by atoms with Crippen molar-refractivity contribution >= 4 is 60.8 Å². The summed E-state index contributed by atoms with van der Waals surface area (Å²) in [5.74, 6) is -2.17. The van der Waals surface area contributed by atoms with Crippen molar-refractivity contribution in [3.63, 3.8) is 0 Å². The predicted molar refractivity (Wildman–Crippen MR) is 43.1 cm³/mol. The minimum atomic E-state index is -1.09. The molecule has 4 N–H and O–H groups in total. The molecule has 0 atom stereocenters. The van der Waals surface area contributed by atoms with Gasteiger partial charge in [-0.2, -0.15) is 0 Å². The van der Waals surface area contributed by atoms with Crippen LogP contribution in [0.15, 0.2) is 0 Å². The molecule has 6 nitrogen and oxygen atoms in total. The summed E-state index contributed by atoms with van der Waals surface area (Å²) in [6.07, 6.45) is -0.0833. The number of carbonyl (C=O) groups is 2. The molecule has 72 valence electrons. The zero-order valence-corrected chi connectivity index (χ0v) is 11.8. The summed E-state index contributed by atoms with van der Waals surface area (Å²) in [6.45, 7) is 0.338. The van der Waals surface area contributed by atoms with E-state index in [4.69, 9.17) is 11.5 Å². The second-order valence-electron chi connectivity index (χ2n) is 1.82. The molecule has 0 aliphatic carbocycles. The van der Waals surface area contributed by atoms with E-state index in [0.717, 1.165) is 0 Å². The third-order valence-electron chi connectivity index (χ3n) is 0.697. The summed E-state index contributed by atoms with van der Waals surface area (Å²) >= 11 is 0. The number of nitrogens with two attached hydrogens (primary N) is 2. The first-order valence-electron chi connectivity index (χ1n) is 3.34. The third-order valence-corrected chi connectivity index (χ3v) is 0.697. The van der Waals surface area contributed by atoms with Gasteiger partial charge in [0.15, 0.2) is 0 Å². The number of carbonyl (C=O) groups excluding carboxylic acids is 2. The molecule has 0 amide bonds. The molecule has 0 heterocycles. The summed E-state index contributed by atoms with van der Waals surface area (Å²) in [6, 6.07) is 0. The molecule has 0 aliphatic rings. The van der Waals surface area contributed by atoms with Gasteiger partial charge in [0.05, 0.1) is 0 Å². The second-order valence-corrected chi connectivity index (χ2v) is 1.82. The van der Waals surface area contributed by atoms with Gasteiger partial charge in [-0.25, -0.2) is 0 Å². The van der Waals surface area contributed by atoms with E-state index in [1.807, 2.05) is 0 Å². The normalized spacial score (nSPS) is 7.54. The van der Waals surface area contributed by atoms with Crippen LogP contribution in [0.2, 0.25) is 0 Å². The Balaban J connectivity index is -0.000000143. The first kappa shape index (κ1) is 19.1. The smallest absolute Gasteiger partial charge is 0.550 e. The fourth-order valence-corrected chi connectivity index (χ4v) is 0.236. The van der Waals surface area contributed by atoms with Crippen molar-refractivity contribution in [2.24, 2.45) is 11.5 Å². The van der Waals surface area contributed by atoms with Gasteiger partial charge < -0.3 is 31.3 Å². The number of hydrogen-bond acceptors (Lipinski definition) is 6. The molecule has 0 saturated carbocycles. The van der Waals surface area contributed by atoms with E-state index >= 15 is 0 Å². The molecule has 0 bridgehead atoms. The molecule has 0 radical (unpaired) electrons. The zero-order chi connectivity index (χ0) is 9.98. The number of hydrogen-bond donors (Lipinski definition) is 2. The zero-order valence-electron chi connectivity index (χ0n) is 7.32. The summed E-state index contributed by atoms with van der Waals surface area (Å²) < 4.78 is 0. The molecule has 0 aromatic carbocycles. The molecule has 0 unspecified atom stereocenters. The Kier molecular flexibility index (Phi) is 21.9. The van der Waals surface area contributed by atoms with E-state index in [1.165, 1.54) is 0 Å². The monoisotopic (exact) mass is 314 g/mol. The van der Waals surface area contributed by atoms with E-state index in [2.05, 4.69) is 0 Å². The molecule has 7 heteroatoms. The van der Waals surface area contributed by atoms with Crippen LogP contribution in [-0.2, 0) is 9.59 Å². The van der Waals surface area contributed by atoms with Gasteiger partial charge in [0.2, 0.25) is 0 Å². The fourth-order valence-electron chi connectivity index (χ4n) is 0.236. The largest absolute Gasteiger partial charge is 2.00 e. The van der Waals surface area contributed by atoms with Gasteiger partial charge in [-0.1, -0.05) is 0 Å². The first-order valence-corrected chi connectivity index (χ1v) is 3.34. The van der Waals surface area contributed by atoms with Gasteiger partial charge >= 0.3 is 48.9 Å². The molecule has 0 aromatic heterocycles. The Morgan fingerprint density at radius 1 is 0.923 bits per heavy atom. The van der Waals surface area contributed by atoms with Crippen LogP contribution < -0.4 is 21.7 Å². The standard InChI is InChI=1S/2C3H7NO2.Ba/c2*4-2-1-3(5)6;/h2*1-2,4H2,(H,5,6);/q;;+2/p-2. The van der Waals surface area contributed by atoms with E-state index in [0.29, 0.717) is 0 Å². The van der Waals surface area contributed by atoms with Crippen molar-refractivity contribution in [1.82, 2.24) is 0 Å². The van der Waals surface area contributed by atoms with Crippen LogP contribution in [0.3, 0.4) is 0 Å². The minimum absolute atomic E-state index is 0. The van der Waals surface area contributed by atoms with Crippen molar-refractivity contribution in [3.05, 3.63) is 0 Å². The van der Waals surface area contributed by atoms with E-state index < -0.39 is 11.9 Å². The molecule has 0 saturated heterocycles. The van der Waals surface area contributed by atoms with Gasteiger partial charge in [-0.05, 0) is 25.9 Å². The summed E-state index contributed by atoms with van der Waals surface area (Å²) in [5.41, 5.74) is 9.62. The second kappa shape index (κ2) is 14.9. The van der Waals surface area contributed by atoms with Crippen molar-refractivity contribution in [2.45, 2.75) is 12.8 Å². The quantitative estimate of drug-likeness (QED) is 0.506. The molecular formula is C6H12BaN2O4. The van der Waals surface area contributed by atoms with Crippen LogP contribution in [0.5, 0.6) is 0 Å². The molecule has 0 aliphatic heterocycles. The van der Waals surface area contributed by atoms with Crippen LogP contribution in [0.1, 0.15) is 12.8 Å². The fraction of sp³-hybridized carbons (Fsp3) is 0.667. The van der Waals surface area contributed by atoms with Crippen LogP contribution in [-0.4, -0.2) is 73.9 Å². The minimum Gasteiger partial charge on any atom is -0.550 e. The molecule has 0 spiro atoms. The van der Waals surface area contributed by atoms with Gasteiger partial charge in [0, 0.05) is 11.9 Å². The Hall–Kier alpha value is 0.431. The van der Waals surface area contributed by atoms with Crippen LogP contribution in [0.4, 0.5) is 0 Å². The van der Waals surface area contributed by atoms with Gasteiger partial charge in [-0.3, -0.25) is 0 Å². The van der Waals surface area contributed by atoms with E-state index in [1.54, 1.807) is 0 Å². The van der Waals surface area contributed by atoms with Crippen molar-refractivity contribution in [2.75, 3.05) is 13.1 Å². The maximum atomic E-state index is 9.41. The van der Waals surface area contributed by atoms with E-state index in [-0.39, 0.29) is 74.8 Å². The maximum Gasteiger partial charge on any atom is 2.00 e. The average molecular weight is 314 g/mol. The van der Waals surface area contributed by atoms with Gasteiger partial charge in [0.25, 0.3) is 0 Å². The Bertz CT molecular complexity index is 127. The van der Waals surface area contributed by atoms with E-state index in [9.17, 15) is 19.8 Å². The summed E-state index contributed by atoms with van der Waals surface area (Å²) in [7, 11) is 0. The predicted octanol–water partition coefficient (Wildman–Crippen LogP) is -4.21. The number of carboxylic acid groups (broad SMARTS) is 2. The number of aliphatic carboxylic acids is 2.